The van der Waals surface area contributed by atoms with Crippen molar-refractivity contribution in [2.24, 2.45) is 0 Å². The quantitative estimate of drug-likeness (QED) is 0.419. The fourth-order valence-corrected chi connectivity index (χ4v) is 2.06. The molecule has 10 heteroatoms. The van der Waals surface area contributed by atoms with Crippen molar-refractivity contribution >= 4 is 21.9 Å². The van der Waals surface area contributed by atoms with Gasteiger partial charge in [0.1, 0.15) is 0 Å². The summed E-state index contributed by atoms with van der Waals surface area (Å²) in [5, 5.41) is -0.0422. The Morgan fingerprint density at radius 3 is 2.50 bits per heavy atom. The molecule has 1 aromatic rings. The third-order valence-corrected chi connectivity index (χ3v) is 2.93. The van der Waals surface area contributed by atoms with Crippen LogP contribution in [0.4, 0.5) is 22.0 Å². The molecule has 124 valence electrons. The molecule has 0 unspecified atom stereocenters. The second-order valence-electron chi connectivity index (χ2n) is 3.95. The molecule has 0 aromatic carbocycles. The molecule has 1 heterocycles. The predicted molar refractivity (Wildman–Crippen MR) is 68.8 cm³/mol. The number of alkyl halides is 6. The van der Waals surface area contributed by atoms with Gasteiger partial charge in [-0.2, -0.15) is 0 Å². The van der Waals surface area contributed by atoms with Crippen molar-refractivity contribution in [3.63, 3.8) is 0 Å². The van der Waals surface area contributed by atoms with E-state index < -0.39 is 30.2 Å². The van der Waals surface area contributed by atoms with Crippen LogP contribution in [0.2, 0.25) is 0 Å². The van der Waals surface area contributed by atoms with Crippen molar-refractivity contribution < 1.29 is 36.2 Å². The van der Waals surface area contributed by atoms with E-state index in [2.05, 4.69) is 30.4 Å². The summed E-state index contributed by atoms with van der Waals surface area (Å²) in [6, 6.07) is 0.770. The van der Waals surface area contributed by atoms with Gasteiger partial charge in [0.2, 0.25) is 5.88 Å². The lowest BCUT2D eigenvalue weighted by atomic mass is 10.1. The van der Waals surface area contributed by atoms with Gasteiger partial charge >= 0.3 is 12.3 Å². The topological polar surface area (TPSA) is 48.4 Å². The van der Waals surface area contributed by atoms with E-state index in [0.717, 1.165) is 6.07 Å². The number of nitrogens with zero attached hydrogens (tertiary/aromatic N) is 1. The second kappa shape index (κ2) is 7.70. The first-order chi connectivity index (χ1) is 10.2. The van der Waals surface area contributed by atoms with Crippen LogP contribution in [0.1, 0.15) is 30.2 Å². The van der Waals surface area contributed by atoms with Gasteiger partial charge in [0.15, 0.2) is 0 Å². The van der Waals surface area contributed by atoms with Gasteiger partial charge in [0, 0.05) is 5.33 Å². The number of carbonyl (C=O) groups is 1. The van der Waals surface area contributed by atoms with E-state index in [9.17, 15) is 26.7 Å². The summed E-state index contributed by atoms with van der Waals surface area (Å²) in [5.41, 5.74) is -1.02. The average Bonchev–Trinajstić information content (AvgIpc) is 2.38. The summed E-state index contributed by atoms with van der Waals surface area (Å²) in [4.78, 5) is 14.8. The highest BCUT2D eigenvalue weighted by atomic mass is 79.9. The number of aromatic nitrogens is 1. The number of hydrogen-bond acceptors (Lipinski definition) is 4. The molecule has 4 nitrogen and oxygen atoms in total. The number of hydrogen-bond donors (Lipinski definition) is 0. The van der Waals surface area contributed by atoms with E-state index in [1.54, 1.807) is 6.92 Å². The van der Waals surface area contributed by atoms with Crippen molar-refractivity contribution in [3.8, 4) is 5.88 Å². The number of esters is 1. The van der Waals surface area contributed by atoms with Crippen LogP contribution in [0.15, 0.2) is 6.07 Å². The van der Waals surface area contributed by atoms with E-state index in [0.29, 0.717) is 0 Å². The van der Waals surface area contributed by atoms with E-state index in [1.165, 1.54) is 0 Å². The molecular weight excluding hydrogens is 381 g/mol. The van der Waals surface area contributed by atoms with Crippen LogP contribution >= 0.6 is 15.9 Å². The van der Waals surface area contributed by atoms with Crippen LogP contribution in [-0.2, 0) is 21.3 Å². The Balaban J connectivity index is 3.24. The largest absolute Gasteiger partial charge is 0.574 e. The second-order valence-corrected chi connectivity index (χ2v) is 4.51. The summed E-state index contributed by atoms with van der Waals surface area (Å²) in [6.45, 7) is 1.65. The monoisotopic (exact) mass is 391 g/mol. The van der Waals surface area contributed by atoms with Crippen molar-refractivity contribution in [2.45, 2.75) is 31.5 Å². The Bertz CT molecular complexity index is 536. The van der Waals surface area contributed by atoms with Gasteiger partial charge in [0.25, 0.3) is 6.43 Å². The molecule has 1 aromatic heterocycles. The summed E-state index contributed by atoms with van der Waals surface area (Å²) in [6.07, 6.45) is -8.77. The molecular formula is C12H11BrF5NO3. The van der Waals surface area contributed by atoms with Gasteiger partial charge < -0.3 is 9.47 Å². The van der Waals surface area contributed by atoms with Crippen LogP contribution in [0, 0.1) is 0 Å². The molecule has 0 N–H and O–H groups in total. The molecule has 0 bridgehead atoms. The van der Waals surface area contributed by atoms with Crippen LogP contribution in [-0.4, -0.2) is 23.9 Å². The van der Waals surface area contributed by atoms with Crippen molar-refractivity contribution in [1.29, 1.82) is 0 Å². The SMILES string of the molecule is CCOC(=O)Cc1cc(C(F)F)c(OC(F)(F)F)nc1CBr. The number of rotatable bonds is 6. The Kier molecular flexibility index (Phi) is 6.51. The van der Waals surface area contributed by atoms with E-state index >= 15 is 0 Å². The number of pyridine rings is 1. The van der Waals surface area contributed by atoms with E-state index in [4.69, 9.17) is 0 Å². The maximum atomic E-state index is 12.9. The highest BCUT2D eigenvalue weighted by molar-refractivity contribution is 9.08. The molecule has 0 fully saturated rings. The molecule has 0 aliphatic rings. The molecule has 0 amide bonds. The van der Waals surface area contributed by atoms with Gasteiger partial charge in [-0.05, 0) is 18.6 Å². The standard InChI is InChI=1S/C12H11BrF5NO3/c1-2-21-9(20)4-6-3-7(10(14)15)11(19-8(6)5-13)22-12(16,17)18/h3,10H,2,4-5H2,1H3. The average molecular weight is 392 g/mol. The fourth-order valence-electron chi connectivity index (χ4n) is 1.58. The summed E-state index contributed by atoms with van der Waals surface area (Å²) >= 11 is 2.97. The zero-order valence-electron chi connectivity index (χ0n) is 11.2. The maximum Gasteiger partial charge on any atom is 0.574 e. The van der Waals surface area contributed by atoms with E-state index in [1.807, 2.05) is 0 Å². The van der Waals surface area contributed by atoms with Gasteiger partial charge in [-0.25, -0.2) is 13.8 Å². The minimum absolute atomic E-state index is 0.0169. The first-order valence-electron chi connectivity index (χ1n) is 5.96. The first kappa shape index (κ1) is 18.6. The molecule has 0 saturated heterocycles. The van der Waals surface area contributed by atoms with Crippen molar-refractivity contribution in [3.05, 3.63) is 22.9 Å². The lowest BCUT2D eigenvalue weighted by molar-refractivity contribution is -0.276. The smallest absolute Gasteiger partial charge is 0.466 e. The Morgan fingerprint density at radius 1 is 1.41 bits per heavy atom. The van der Waals surface area contributed by atoms with Gasteiger partial charge in [-0.1, -0.05) is 15.9 Å². The third kappa shape index (κ3) is 5.39. The van der Waals surface area contributed by atoms with Crippen molar-refractivity contribution in [1.82, 2.24) is 4.98 Å². The maximum absolute atomic E-state index is 12.9. The van der Waals surface area contributed by atoms with Crippen LogP contribution in [0.3, 0.4) is 0 Å². The fraction of sp³-hybridized carbons (Fsp3) is 0.500. The van der Waals surface area contributed by atoms with Gasteiger partial charge in [-0.3, -0.25) is 4.79 Å². The molecule has 0 saturated carbocycles. The minimum Gasteiger partial charge on any atom is -0.466 e. The molecule has 0 aliphatic heterocycles. The lowest BCUT2D eigenvalue weighted by Crippen LogP contribution is -2.20. The minimum atomic E-state index is -5.15. The molecule has 22 heavy (non-hydrogen) atoms. The van der Waals surface area contributed by atoms with Crippen molar-refractivity contribution in [2.75, 3.05) is 6.61 Å². The zero-order chi connectivity index (χ0) is 16.9. The zero-order valence-corrected chi connectivity index (χ0v) is 12.8. The van der Waals surface area contributed by atoms with Gasteiger partial charge in [0.05, 0.1) is 24.3 Å². The highest BCUT2D eigenvalue weighted by Crippen LogP contribution is 2.33. The Hall–Kier alpha value is -1.45. The van der Waals surface area contributed by atoms with Crippen LogP contribution < -0.4 is 4.74 Å². The highest BCUT2D eigenvalue weighted by Gasteiger charge is 2.34. The molecule has 0 spiro atoms. The molecule has 0 radical (unpaired) electrons. The number of ether oxygens (including phenoxy) is 2. The molecule has 0 aliphatic carbocycles. The van der Waals surface area contributed by atoms with Crippen LogP contribution in [0.5, 0.6) is 5.88 Å². The van der Waals surface area contributed by atoms with E-state index in [-0.39, 0.29) is 29.6 Å². The number of halogens is 6. The predicted octanol–water partition coefficient (Wildman–Crippen LogP) is 3.92. The first-order valence-corrected chi connectivity index (χ1v) is 7.08. The number of carbonyl (C=O) groups excluding carboxylic acids is 1. The molecule has 1 rings (SSSR count). The lowest BCUT2D eigenvalue weighted by Gasteiger charge is -2.15. The Labute approximate surface area is 130 Å². The summed E-state index contributed by atoms with van der Waals surface area (Å²) in [7, 11) is 0. The normalized spacial score (nSPS) is 11.6. The Morgan fingerprint density at radius 2 is 2.05 bits per heavy atom. The summed E-state index contributed by atoms with van der Waals surface area (Å²) < 4.78 is 70.7. The summed E-state index contributed by atoms with van der Waals surface area (Å²) in [5.74, 6) is -1.93. The van der Waals surface area contributed by atoms with Crippen LogP contribution in [0.25, 0.3) is 0 Å². The van der Waals surface area contributed by atoms with Gasteiger partial charge in [-0.15, -0.1) is 13.2 Å². The third-order valence-electron chi connectivity index (χ3n) is 2.40. The molecule has 0 atom stereocenters.